The topological polar surface area (TPSA) is 73.6 Å². The van der Waals surface area contributed by atoms with Gasteiger partial charge in [-0.2, -0.15) is 5.10 Å². The number of aromatic nitrogens is 3. The van der Waals surface area contributed by atoms with E-state index in [4.69, 9.17) is 24.5 Å². The number of aliphatic imine (C=N–C) groups is 1. The molecule has 9 rings (SSSR count). The van der Waals surface area contributed by atoms with Crippen LogP contribution in [0.25, 0.3) is 11.3 Å². The number of hydrogen-bond acceptors (Lipinski definition) is 7. The van der Waals surface area contributed by atoms with Crippen molar-refractivity contribution in [3.63, 3.8) is 0 Å². The number of fused-ring (bicyclic) bond motifs is 2. The molecule has 0 bridgehead atoms. The summed E-state index contributed by atoms with van der Waals surface area (Å²) in [5, 5.41) is 9.32. The smallest absolute Gasteiger partial charge is 0.216 e. The molecule has 0 spiro atoms. The molecule has 1 saturated heterocycles. The van der Waals surface area contributed by atoms with Crippen LogP contribution in [0.3, 0.4) is 0 Å². The lowest BCUT2D eigenvalue weighted by Crippen LogP contribution is -2.52. The van der Waals surface area contributed by atoms with Crippen molar-refractivity contribution < 1.29 is 18.3 Å². The van der Waals surface area contributed by atoms with Crippen molar-refractivity contribution in [1.29, 1.82) is 0 Å². The van der Waals surface area contributed by atoms with Gasteiger partial charge in [0.1, 0.15) is 17.2 Å². The summed E-state index contributed by atoms with van der Waals surface area (Å²) in [5.74, 6) is -0.308. The normalized spacial score (nSPS) is 20.9. The maximum atomic E-state index is 16.4. The zero-order valence-corrected chi connectivity index (χ0v) is 31.3. The quantitative estimate of drug-likeness (QED) is 0.156. The second-order valence-electron chi connectivity index (χ2n) is 14.4. The van der Waals surface area contributed by atoms with Gasteiger partial charge in [0.15, 0.2) is 11.4 Å². The van der Waals surface area contributed by atoms with Crippen molar-refractivity contribution in [1.82, 2.24) is 20.1 Å². The van der Waals surface area contributed by atoms with Crippen LogP contribution in [0.15, 0.2) is 133 Å². The van der Waals surface area contributed by atoms with E-state index in [1.807, 2.05) is 77.7 Å². The van der Waals surface area contributed by atoms with Crippen molar-refractivity contribution in [2.75, 3.05) is 19.5 Å². The first-order valence-corrected chi connectivity index (χ1v) is 19.8. The third kappa shape index (κ3) is 6.21. The van der Waals surface area contributed by atoms with Crippen molar-refractivity contribution in [2.24, 2.45) is 10.9 Å². The summed E-state index contributed by atoms with van der Waals surface area (Å²) >= 11 is 1.63. The van der Waals surface area contributed by atoms with Crippen LogP contribution < -0.4 is 10.1 Å². The van der Waals surface area contributed by atoms with Gasteiger partial charge in [0.25, 0.3) is 0 Å². The summed E-state index contributed by atoms with van der Waals surface area (Å²) in [7, 11) is 1.61. The van der Waals surface area contributed by atoms with Gasteiger partial charge >= 0.3 is 0 Å². The average Bonchev–Trinajstić information content (AvgIpc) is 3.73. The van der Waals surface area contributed by atoms with Gasteiger partial charge in [0, 0.05) is 59.8 Å². The Morgan fingerprint density at radius 1 is 0.873 bits per heavy atom. The molecule has 10 heteroatoms. The molecular weight excluding hydrogens is 713 g/mol. The second-order valence-corrected chi connectivity index (χ2v) is 15.5. The Morgan fingerprint density at radius 3 is 2.18 bits per heavy atom. The number of nitrogens with one attached hydrogen (secondary N) is 1. The van der Waals surface area contributed by atoms with Gasteiger partial charge in [-0.15, -0.1) is 0 Å². The van der Waals surface area contributed by atoms with Gasteiger partial charge in [-0.3, -0.25) is 4.99 Å². The number of methoxy groups -OCH3 is 1. The van der Waals surface area contributed by atoms with Crippen molar-refractivity contribution in [2.45, 2.75) is 49.4 Å². The molecule has 55 heavy (non-hydrogen) atoms. The largest absolute Gasteiger partial charge is 0.481 e. The standard InChI is InChI=1S/C45H41F2N5O2S/c1-53-42-36-27-44(38-21-20-34(46)26-39(38)47)33(25-35(36)37(28-48-42)40-22-23-49-52(40)41-19-11-12-24-54-41)29-55-43(50-44)51-45(30-13-5-2-6-14-30,31-15-7-3-8-16-31)32-17-9-4-10-18-32/h2-10,13-18,20-23,26,28,33,41H,11-12,19,24-25,27,29H2,1H3,(H,50,51)/t33-,41?,44-/m0/s1. The highest BCUT2D eigenvalue weighted by atomic mass is 32.2. The molecule has 1 unspecified atom stereocenters. The van der Waals surface area contributed by atoms with E-state index in [1.165, 1.54) is 6.07 Å². The van der Waals surface area contributed by atoms with Crippen LogP contribution in [0, 0.1) is 17.6 Å². The number of hydrogen-bond donors (Lipinski definition) is 1. The number of amidine groups is 1. The summed E-state index contributed by atoms with van der Waals surface area (Å²) in [6, 6.07) is 36.9. The number of nitrogens with zero attached hydrogens (tertiary/aromatic N) is 4. The molecule has 1 aliphatic carbocycles. The van der Waals surface area contributed by atoms with Crippen molar-refractivity contribution >= 4 is 16.9 Å². The van der Waals surface area contributed by atoms with E-state index in [-0.39, 0.29) is 12.1 Å². The van der Waals surface area contributed by atoms with Gasteiger partial charge in [0.05, 0.1) is 18.3 Å². The van der Waals surface area contributed by atoms with Gasteiger partial charge in [-0.05, 0) is 60.1 Å². The summed E-state index contributed by atoms with van der Waals surface area (Å²) in [6.45, 7) is 0.697. The van der Waals surface area contributed by atoms with Crippen LogP contribution in [0.2, 0.25) is 0 Å². The minimum absolute atomic E-state index is 0.150. The molecule has 2 aromatic heterocycles. The molecule has 0 radical (unpaired) electrons. The summed E-state index contributed by atoms with van der Waals surface area (Å²) < 4.78 is 45.1. The highest BCUT2D eigenvalue weighted by Crippen LogP contribution is 2.52. The number of thioether (sulfide) groups is 1. The van der Waals surface area contributed by atoms with E-state index in [2.05, 4.69) is 41.7 Å². The second kappa shape index (κ2) is 14.7. The predicted molar refractivity (Wildman–Crippen MR) is 212 cm³/mol. The van der Waals surface area contributed by atoms with E-state index in [1.54, 1.807) is 24.9 Å². The molecule has 6 aromatic rings. The summed E-state index contributed by atoms with van der Waals surface area (Å²) in [6.07, 6.45) is 7.37. The number of benzene rings is 4. The predicted octanol–water partition coefficient (Wildman–Crippen LogP) is 9.23. The highest BCUT2D eigenvalue weighted by Gasteiger charge is 2.51. The van der Waals surface area contributed by atoms with Crippen LogP contribution >= 0.6 is 11.8 Å². The van der Waals surface area contributed by atoms with Crippen molar-refractivity contribution in [3.8, 4) is 17.1 Å². The third-order valence-corrected chi connectivity index (χ3v) is 12.5. The third-order valence-electron chi connectivity index (χ3n) is 11.4. The van der Waals surface area contributed by atoms with E-state index in [0.29, 0.717) is 41.8 Å². The van der Waals surface area contributed by atoms with Crippen LogP contribution in [-0.4, -0.2) is 39.4 Å². The zero-order chi connectivity index (χ0) is 37.4. The van der Waals surface area contributed by atoms with Gasteiger partial charge < -0.3 is 14.8 Å². The molecule has 0 saturated carbocycles. The van der Waals surface area contributed by atoms with Crippen molar-refractivity contribution in [3.05, 3.63) is 173 Å². The molecule has 1 fully saturated rings. The molecule has 278 valence electrons. The number of pyridine rings is 1. The molecule has 0 amide bonds. The Bertz CT molecular complexity index is 2240. The summed E-state index contributed by atoms with van der Waals surface area (Å²) in [5.41, 5.74) is 5.30. The molecular formula is C45H41F2N5O2S. The number of rotatable bonds is 8. The monoisotopic (exact) mass is 753 g/mol. The first-order chi connectivity index (χ1) is 27.0. The maximum absolute atomic E-state index is 16.4. The van der Waals surface area contributed by atoms with Crippen LogP contribution in [0.1, 0.15) is 58.9 Å². The maximum Gasteiger partial charge on any atom is 0.216 e. The first-order valence-electron chi connectivity index (χ1n) is 18.8. The lowest BCUT2D eigenvalue weighted by Gasteiger charge is -2.47. The highest BCUT2D eigenvalue weighted by molar-refractivity contribution is 8.13. The van der Waals surface area contributed by atoms with Crippen LogP contribution in [0.5, 0.6) is 5.88 Å². The van der Waals surface area contributed by atoms with E-state index in [0.717, 1.165) is 64.4 Å². The van der Waals surface area contributed by atoms with Gasteiger partial charge in [0.2, 0.25) is 5.88 Å². The molecule has 7 nitrogen and oxygen atoms in total. The Labute approximate surface area is 323 Å². The molecule has 1 N–H and O–H groups in total. The minimum Gasteiger partial charge on any atom is -0.481 e. The first kappa shape index (κ1) is 35.4. The fourth-order valence-corrected chi connectivity index (χ4v) is 10.0. The Hall–Kier alpha value is -5.32. The number of halogens is 2. The van der Waals surface area contributed by atoms with Gasteiger partial charge in [-0.1, -0.05) is 109 Å². The fraction of sp³-hybridized carbons (Fsp3) is 0.267. The lowest BCUT2D eigenvalue weighted by atomic mass is 9.67. The Morgan fingerprint density at radius 2 is 1.56 bits per heavy atom. The molecule has 4 heterocycles. The SMILES string of the molecule is COc1ncc(-c2ccnn2C2CCCCO2)c2c1C[C@]1(c3ccc(F)cc3F)N=C(NC(c3ccccc3)(c3ccccc3)c3ccccc3)SC[C@@H]1C2. The average molecular weight is 754 g/mol. The molecule has 3 atom stereocenters. The lowest BCUT2D eigenvalue weighted by molar-refractivity contribution is -0.0383. The van der Waals surface area contributed by atoms with Crippen LogP contribution in [-0.2, 0) is 28.7 Å². The Kier molecular flexibility index (Phi) is 9.48. The zero-order valence-electron chi connectivity index (χ0n) is 30.5. The van der Waals surface area contributed by atoms with Crippen LogP contribution in [0.4, 0.5) is 8.78 Å². The fourth-order valence-electron chi connectivity index (χ4n) is 8.83. The van der Waals surface area contributed by atoms with E-state index in [9.17, 15) is 4.39 Å². The number of ether oxygens (including phenoxy) is 2. The summed E-state index contributed by atoms with van der Waals surface area (Å²) in [4.78, 5) is 10.4. The molecule has 3 aliphatic rings. The van der Waals surface area contributed by atoms with E-state index >= 15 is 4.39 Å². The Balaban J connectivity index is 1.23. The molecule has 2 aliphatic heterocycles. The van der Waals surface area contributed by atoms with Gasteiger partial charge in [-0.25, -0.2) is 18.4 Å². The molecule has 4 aromatic carbocycles. The van der Waals surface area contributed by atoms with E-state index < -0.39 is 22.7 Å². The minimum atomic E-state index is -1.10.